The first-order chi connectivity index (χ1) is 5.79. The summed E-state index contributed by atoms with van der Waals surface area (Å²) in [6.07, 6.45) is 2.31. The molecule has 1 aliphatic heterocycles. The van der Waals surface area contributed by atoms with Gasteiger partial charge in [0.25, 0.3) is 0 Å². The summed E-state index contributed by atoms with van der Waals surface area (Å²) in [4.78, 5) is 7.21. The van der Waals surface area contributed by atoms with Gasteiger partial charge in [-0.05, 0) is 31.7 Å². The summed E-state index contributed by atoms with van der Waals surface area (Å²) in [6.45, 7) is 2.49. The second-order valence-corrected chi connectivity index (χ2v) is 3.99. The summed E-state index contributed by atoms with van der Waals surface area (Å²) in [7, 11) is 3.83. The average Bonchev–Trinajstić information content (AvgIpc) is 2.44. The van der Waals surface area contributed by atoms with Crippen LogP contribution in [-0.4, -0.2) is 37.9 Å². The van der Waals surface area contributed by atoms with E-state index in [-0.39, 0.29) is 0 Å². The lowest BCUT2D eigenvalue weighted by molar-refractivity contribution is 0.212. The van der Waals surface area contributed by atoms with Gasteiger partial charge in [-0.2, -0.15) is 0 Å². The van der Waals surface area contributed by atoms with E-state index in [0.29, 0.717) is 0 Å². The van der Waals surface area contributed by atoms with Gasteiger partial charge >= 0.3 is 0 Å². The van der Waals surface area contributed by atoms with Crippen LogP contribution in [0, 0.1) is 11.8 Å². The third-order valence-corrected chi connectivity index (χ3v) is 2.98. The van der Waals surface area contributed by atoms with Crippen molar-refractivity contribution in [2.45, 2.75) is 12.8 Å². The normalized spacial score (nSPS) is 35.3. The fourth-order valence-electron chi connectivity index (χ4n) is 2.53. The summed E-state index contributed by atoms with van der Waals surface area (Å²) in [5.74, 6) is 1.70. The molecule has 2 fully saturated rings. The molecule has 2 unspecified atom stereocenters. The van der Waals surface area contributed by atoms with Crippen molar-refractivity contribution in [3.05, 3.63) is 0 Å². The molecule has 3 heteroatoms. The average molecular weight is 168 g/mol. The van der Waals surface area contributed by atoms with Crippen LogP contribution >= 0.6 is 0 Å². The van der Waals surface area contributed by atoms with Crippen LogP contribution in [0.2, 0.25) is 0 Å². The summed E-state index contributed by atoms with van der Waals surface area (Å²) >= 11 is 0. The minimum Gasteiger partial charge on any atom is -0.399 e. The maximum Gasteiger partial charge on any atom is 0.106 e. The van der Waals surface area contributed by atoms with Gasteiger partial charge in [0, 0.05) is 13.1 Å². The van der Waals surface area contributed by atoms with Crippen LogP contribution in [0.3, 0.4) is 0 Å². The van der Waals surface area contributed by atoms with Crippen LogP contribution in [0.4, 0.5) is 0 Å². The number of hydrogen-bond donors (Lipinski definition) is 0. The van der Waals surface area contributed by atoms with Crippen LogP contribution in [0.25, 0.3) is 0 Å². The fraction of sp³-hybridized carbons (Fsp3) is 0.889. The van der Waals surface area contributed by atoms with E-state index in [9.17, 15) is 0 Å². The molecule has 0 amide bonds. The molecule has 0 aromatic heterocycles. The van der Waals surface area contributed by atoms with Gasteiger partial charge in [0.05, 0.1) is 5.71 Å². The van der Waals surface area contributed by atoms with E-state index in [1.165, 1.54) is 18.8 Å². The van der Waals surface area contributed by atoms with Gasteiger partial charge in [0.1, 0.15) is 7.11 Å². The third-order valence-electron chi connectivity index (χ3n) is 2.98. The Morgan fingerprint density at radius 2 is 1.92 bits per heavy atom. The van der Waals surface area contributed by atoms with Gasteiger partial charge in [-0.3, -0.25) is 0 Å². The predicted molar refractivity (Wildman–Crippen MR) is 48.2 cm³/mol. The van der Waals surface area contributed by atoms with Crippen molar-refractivity contribution in [3.63, 3.8) is 0 Å². The maximum atomic E-state index is 4.79. The summed E-state index contributed by atoms with van der Waals surface area (Å²) in [5.41, 5.74) is 1.26. The minimum absolute atomic E-state index is 0.851. The van der Waals surface area contributed by atoms with Crippen molar-refractivity contribution >= 4 is 5.71 Å². The Balaban J connectivity index is 1.98. The lowest BCUT2D eigenvalue weighted by Gasteiger charge is -2.07. The zero-order valence-corrected chi connectivity index (χ0v) is 7.79. The highest BCUT2D eigenvalue weighted by Gasteiger charge is 2.37. The Labute approximate surface area is 73.4 Å². The van der Waals surface area contributed by atoms with E-state index >= 15 is 0 Å². The highest BCUT2D eigenvalue weighted by Crippen LogP contribution is 2.35. The van der Waals surface area contributed by atoms with Crippen molar-refractivity contribution in [2.24, 2.45) is 17.0 Å². The topological polar surface area (TPSA) is 24.8 Å². The van der Waals surface area contributed by atoms with Crippen LogP contribution in [0.15, 0.2) is 5.16 Å². The zero-order valence-electron chi connectivity index (χ0n) is 7.79. The first-order valence-electron chi connectivity index (χ1n) is 4.57. The molecule has 3 nitrogen and oxygen atoms in total. The van der Waals surface area contributed by atoms with E-state index in [1.807, 2.05) is 0 Å². The van der Waals surface area contributed by atoms with Crippen molar-refractivity contribution < 1.29 is 4.84 Å². The lowest BCUT2D eigenvalue weighted by atomic mass is 10.0. The smallest absolute Gasteiger partial charge is 0.106 e. The van der Waals surface area contributed by atoms with E-state index in [0.717, 1.165) is 24.7 Å². The summed E-state index contributed by atoms with van der Waals surface area (Å²) in [6, 6.07) is 0. The van der Waals surface area contributed by atoms with Crippen molar-refractivity contribution in [1.29, 1.82) is 0 Å². The summed E-state index contributed by atoms with van der Waals surface area (Å²) in [5, 5.41) is 4.03. The first kappa shape index (κ1) is 8.05. The first-order valence-corrected chi connectivity index (χ1v) is 4.57. The van der Waals surface area contributed by atoms with E-state index < -0.39 is 0 Å². The minimum atomic E-state index is 0.851. The van der Waals surface area contributed by atoms with E-state index in [2.05, 4.69) is 17.1 Å². The molecular formula is C9H16N2O. The highest BCUT2D eigenvalue weighted by molar-refractivity contribution is 5.86. The monoisotopic (exact) mass is 168 g/mol. The van der Waals surface area contributed by atoms with Gasteiger partial charge in [0.2, 0.25) is 0 Å². The van der Waals surface area contributed by atoms with Crippen LogP contribution < -0.4 is 0 Å². The number of fused-ring (bicyclic) bond motifs is 1. The maximum absolute atomic E-state index is 4.79. The molecule has 0 aromatic carbocycles. The van der Waals surface area contributed by atoms with Gasteiger partial charge < -0.3 is 9.74 Å². The van der Waals surface area contributed by atoms with Gasteiger partial charge in [0.15, 0.2) is 0 Å². The Bertz CT molecular complexity index is 187. The molecule has 1 saturated heterocycles. The number of nitrogens with zero attached hydrogens (tertiary/aromatic N) is 2. The number of likely N-dealkylation sites (tertiary alicyclic amines) is 1. The molecule has 2 rings (SSSR count). The fourth-order valence-corrected chi connectivity index (χ4v) is 2.53. The molecule has 2 aliphatic rings. The van der Waals surface area contributed by atoms with Crippen LogP contribution in [-0.2, 0) is 4.84 Å². The molecule has 0 radical (unpaired) electrons. The SMILES string of the molecule is CON=C1CC2CN(C)CC2C1. The molecule has 1 heterocycles. The molecular weight excluding hydrogens is 152 g/mol. The largest absolute Gasteiger partial charge is 0.399 e. The summed E-state index contributed by atoms with van der Waals surface area (Å²) < 4.78 is 0. The van der Waals surface area contributed by atoms with Crippen LogP contribution in [0.5, 0.6) is 0 Å². The Morgan fingerprint density at radius 1 is 1.33 bits per heavy atom. The van der Waals surface area contributed by atoms with Gasteiger partial charge in [-0.1, -0.05) is 5.16 Å². The zero-order chi connectivity index (χ0) is 8.55. The Kier molecular flexibility index (Phi) is 2.05. The third kappa shape index (κ3) is 1.33. The predicted octanol–water partition coefficient (Wildman–Crippen LogP) is 0.960. The second-order valence-electron chi connectivity index (χ2n) is 3.99. The molecule has 1 aliphatic carbocycles. The van der Waals surface area contributed by atoms with Gasteiger partial charge in [-0.25, -0.2) is 0 Å². The molecule has 0 N–H and O–H groups in total. The lowest BCUT2D eigenvalue weighted by Crippen LogP contribution is -2.16. The second kappa shape index (κ2) is 3.05. The molecule has 0 spiro atoms. The molecule has 0 bridgehead atoms. The van der Waals surface area contributed by atoms with Crippen molar-refractivity contribution in [3.8, 4) is 0 Å². The van der Waals surface area contributed by atoms with Crippen molar-refractivity contribution in [2.75, 3.05) is 27.2 Å². The molecule has 0 aromatic rings. The molecule has 68 valence electrons. The quantitative estimate of drug-likeness (QED) is 0.545. The van der Waals surface area contributed by atoms with Crippen LogP contribution in [0.1, 0.15) is 12.8 Å². The van der Waals surface area contributed by atoms with E-state index in [1.54, 1.807) is 7.11 Å². The number of hydrogen-bond acceptors (Lipinski definition) is 3. The van der Waals surface area contributed by atoms with Crippen molar-refractivity contribution in [1.82, 2.24) is 4.90 Å². The number of rotatable bonds is 1. The Morgan fingerprint density at radius 3 is 2.42 bits per heavy atom. The Hall–Kier alpha value is -0.570. The highest BCUT2D eigenvalue weighted by atomic mass is 16.6. The molecule has 12 heavy (non-hydrogen) atoms. The molecule has 2 atom stereocenters. The van der Waals surface area contributed by atoms with Gasteiger partial charge in [-0.15, -0.1) is 0 Å². The van der Waals surface area contributed by atoms with E-state index in [4.69, 9.17) is 4.84 Å². The number of oxime groups is 1. The standard InChI is InChI=1S/C9H16N2O/c1-11-5-7-3-9(10-12-2)4-8(7)6-11/h7-8H,3-6H2,1-2H3. The molecule has 1 saturated carbocycles.